The first-order valence-electron chi connectivity index (χ1n) is 9.68. The zero-order valence-electron chi connectivity index (χ0n) is 15.8. The number of benzene rings is 1. The van der Waals surface area contributed by atoms with Gasteiger partial charge in [-0.3, -0.25) is 14.5 Å². The second-order valence-corrected chi connectivity index (χ2v) is 8.35. The summed E-state index contributed by atoms with van der Waals surface area (Å²) in [4.78, 5) is 26.8. The van der Waals surface area contributed by atoms with Gasteiger partial charge in [0.15, 0.2) is 0 Å². The average Bonchev–Trinajstić information content (AvgIpc) is 3.39. The quantitative estimate of drug-likeness (QED) is 0.666. The third-order valence-electron chi connectivity index (χ3n) is 5.55. The minimum absolute atomic E-state index is 0.0173. The number of imide groups is 1. The molecule has 0 spiro atoms. The average molecular weight is 358 g/mol. The molecule has 1 saturated carbocycles. The smallest absolute Gasteiger partial charge is 0.235 e. The van der Waals surface area contributed by atoms with Crippen molar-refractivity contribution in [3.05, 3.63) is 35.9 Å². The molecule has 0 bridgehead atoms. The summed E-state index contributed by atoms with van der Waals surface area (Å²) in [6.07, 6.45) is 4.16. The van der Waals surface area contributed by atoms with E-state index >= 15 is 0 Å². The van der Waals surface area contributed by atoms with Crippen molar-refractivity contribution < 1.29 is 14.7 Å². The Labute approximate surface area is 155 Å². The molecule has 1 aliphatic carbocycles. The van der Waals surface area contributed by atoms with Gasteiger partial charge in [0.1, 0.15) is 0 Å². The van der Waals surface area contributed by atoms with Crippen LogP contribution in [-0.4, -0.2) is 41.0 Å². The van der Waals surface area contributed by atoms with E-state index in [9.17, 15) is 14.7 Å². The highest BCUT2D eigenvalue weighted by molar-refractivity contribution is 6.05. The van der Waals surface area contributed by atoms with Crippen molar-refractivity contribution >= 4 is 11.8 Å². The molecule has 2 aliphatic rings. The Hall–Kier alpha value is -1.72. The molecule has 2 fully saturated rings. The van der Waals surface area contributed by atoms with E-state index in [0.717, 1.165) is 12.0 Å². The molecule has 2 N–H and O–H groups in total. The van der Waals surface area contributed by atoms with Crippen LogP contribution in [-0.2, 0) is 9.59 Å². The van der Waals surface area contributed by atoms with Crippen molar-refractivity contribution in [2.24, 2.45) is 11.3 Å². The van der Waals surface area contributed by atoms with Gasteiger partial charge in [-0.15, -0.1) is 0 Å². The topological polar surface area (TPSA) is 69.6 Å². The van der Waals surface area contributed by atoms with E-state index in [4.69, 9.17) is 0 Å². The van der Waals surface area contributed by atoms with Crippen LogP contribution in [0.1, 0.15) is 57.6 Å². The molecule has 3 rings (SSSR count). The van der Waals surface area contributed by atoms with Gasteiger partial charge in [-0.2, -0.15) is 0 Å². The Morgan fingerprint density at radius 2 is 1.92 bits per heavy atom. The molecule has 0 radical (unpaired) electrons. The maximum absolute atomic E-state index is 12.8. The lowest BCUT2D eigenvalue weighted by atomic mass is 9.92. The van der Waals surface area contributed by atoms with E-state index in [1.54, 1.807) is 0 Å². The molecule has 0 aromatic heterocycles. The Balaban J connectivity index is 1.72. The highest BCUT2D eigenvalue weighted by atomic mass is 16.3. The molecule has 1 heterocycles. The number of carbonyl (C=O) groups is 2. The van der Waals surface area contributed by atoms with Gasteiger partial charge in [0, 0.05) is 25.6 Å². The van der Waals surface area contributed by atoms with E-state index < -0.39 is 5.41 Å². The fraction of sp³-hybridized carbons (Fsp3) is 0.619. The summed E-state index contributed by atoms with van der Waals surface area (Å²) in [5, 5.41) is 12.9. The number of amides is 2. The van der Waals surface area contributed by atoms with Gasteiger partial charge in [0.2, 0.25) is 11.8 Å². The number of carbonyl (C=O) groups excluding carboxylic acids is 2. The Morgan fingerprint density at radius 1 is 1.23 bits per heavy atom. The molecule has 1 saturated heterocycles. The van der Waals surface area contributed by atoms with Gasteiger partial charge in [-0.25, -0.2) is 0 Å². The number of aliphatic hydroxyl groups is 1. The monoisotopic (exact) mass is 358 g/mol. The maximum atomic E-state index is 12.8. The highest BCUT2D eigenvalue weighted by Gasteiger charge is 2.48. The third-order valence-corrected chi connectivity index (χ3v) is 5.55. The largest absolute Gasteiger partial charge is 0.396 e. The highest BCUT2D eigenvalue weighted by Crippen LogP contribution is 2.39. The number of likely N-dealkylation sites (tertiary alicyclic amines) is 1. The first-order valence-corrected chi connectivity index (χ1v) is 9.68. The number of hydrogen-bond acceptors (Lipinski definition) is 4. The Morgan fingerprint density at radius 3 is 2.46 bits per heavy atom. The van der Waals surface area contributed by atoms with Gasteiger partial charge in [-0.05, 0) is 24.3 Å². The van der Waals surface area contributed by atoms with Crippen LogP contribution in [0.2, 0.25) is 0 Å². The van der Waals surface area contributed by atoms with Gasteiger partial charge in [0.05, 0.1) is 11.5 Å². The Bertz CT molecular complexity index is 640. The van der Waals surface area contributed by atoms with Crippen molar-refractivity contribution in [3.8, 4) is 0 Å². The van der Waals surface area contributed by atoms with Gasteiger partial charge >= 0.3 is 0 Å². The number of nitrogens with zero attached hydrogens (tertiary/aromatic N) is 1. The van der Waals surface area contributed by atoms with Crippen LogP contribution < -0.4 is 5.32 Å². The summed E-state index contributed by atoms with van der Waals surface area (Å²) in [6, 6.07) is 9.94. The van der Waals surface area contributed by atoms with Crippen LogP contribution in [0, 0.1) is 11.3 Å². The van der Waals surface area contributed by atoms with Crippen molar-refractivity contribution in [1.29, 1.82) is 0 Å². The zero-order valence-corrected chi connectivity index (χ0v) is 15.8. The fourth-order valence-corrected chi connectivity index (χ4v) is 3.85. The molecule has 5 nitrogen and oxygen atoms in total. The number of aliphatic hydroxyl groups excluding tert-OH is 1. The van der Waals surface area contributed by atoms with E-state index in [0.29, 0.717) is 25.3 Å². The van der Waals surface area contributed by atoms with Crippen LogP contribution in [0.4, 0.5) is 0 Å². The molecule has 142 valence electrons. The molecule has 1 aromatic rings. The molecule has 1 aliphatic heterocycles. The molecule has 2 amide bonds. The first-order chi connectivity index (χ1) is 12.4. The number of nitrogens with one attached hydrogen (secondary N) is 1. The zero-order chi connectivity index (χ0) is 18.7. The molecule has 1 aromatic carbocycles. The minimum Gasteiger partial charge on any atom is -0.396 e. The van der Waals surface area contributed by atoms with Crippen molar-refractivity contribution in [2.45, 2.75) is 58.0 Å². The lowest BCUT2D eigenvalue weighted by Gasteiger charge is -2.30. The first kappa shape index (κ1) is 19.1. The van der Waals surface area contributed by atoms with Gasteiger partial charge in [-0.1, -0.05) is 57.0 Å². The maximum Gasteiger partial charge on any atom is 0.235 e. The van der Waals surface area contributed by atoms with E-state index in [1.807, 2.05) is 44.2 Å². The van der Waals surface area contributed by atoms with Crippen LogP contribution in [0.5, 0.6) is 0 Å². The van der Waals surface area contributed by atoms with E-state index in [2.05, 4.69) is 5.32 Å². The van der Waals surface area contributed by atoms with Gasteiger partial charge in [0.25, 0.3) is 0 Å². The van der Waals surface area contributed by atoms with Crippen LogP contribution in [0.25, 0.3) is 0 Å². The summed E-state index contributed by atoms with van der Waals surface area (Å²) in [5.74, 6) is 0.526. The van der Waals surface area contributed by atoms with E-state index in [-0.39, 0.29) is 30.5 Å². The second kappa shape index (κ2) is 7.89. The van der Waals surface area contributed by atoms with Crippen LogP contribution in [0.15, 0.2) is 30.3 Å². The summed E-state index contributed by atoms with van der Waals surface area (Å²) in [5.41, 5.74) is 0.522. The molecular formula is C21H30N2O3. The predicted octanol–water partition coefficient (Wildman–Crippen LogP) is 2.65. The van der Waals surface area contributed by atoms with Crippen LogP contribution in [0.3, 0.4) is 0 Å². The fourth-order valence-electron chi connectivity index (χ4n) is 3.85. The summed E-state index contributed by atoms with van der Waals surface area (Å²) in [7, 11) is 0. The number of hydrogen-bond donors (Lipinski definition) is 2. The second-order valence-electron chi connectivity index (χ2n) is 8.35. The number of rotatable bonds is 9. The SMILES string of the molecule is CC1(C)CC(=O)N([C@H](CN[C@@H](CCO)c2ccccc2)CC2CC2)C1=O. The third kappa shape index (κ3) is 4.33. The normalized spacial score (nSPS) is 21.9. The molecule has 2 atom stereocenters. The molecular weight excluding hydrogens is 328 g/mol. The lowest BCUT2D eigenvalue weighted by Crippen LogP contribution is -2.47. The van der Waals surface area contributed by atoms with Gasteiger partial charge < -0.3 is 10.4 Å². The van der Waals surface area contributed by atoms with E-state index in [1.165, 1.54) is 17.7 Å². The predicted molar refractivity (Wildman–Crippen MR) is 100 cm³/mol. The van der Waals surface area contributed by atoms with Crippen molar-refractivity contribution in [3.63, 3.8) is 0 Å². The lowest BCUT2D eigenvalue weighted by molar-refractivity contribution is -0.143. The molecule has 5 heteroatoms. The summed E-state index contributed by atoms with van der Waals surface area (Å²) >= 11 is 0. The minimum atomic E-state index is -0.594. The summed E-state index contributed by atoms with van der Waals surface area (Å²) < 4.78 is 0. The van der Waals surface area contributed by atoms with Crippen molar-refractivity contribution in [2.75, 3.05) is 13.2 Å². The van der Waals surface area contributed by atoms with Crippen molar-refractivity contribution in [1.82, 2.24) is 10.2 Å². The standard InChI is InChI=1S/C21H30N2O3/c1-21(2)13-19(25)23(20(21)26)17(12-15-8-9-15)14-22-18(10-11-24)16-6-4-3-5-7-16/h3-7,15,17-18,22,24H,8-14H2,1-2H3/t17-,18-/m0/s1. The molecule has 26 heavy (non-hydrogen) atoms. The molecule has 0 unspecified atom stereocenters. The van der Waals surface area contributed by atoms with Crippen LogP contribution >= 0.6 is 0 Å². The summed E-state index contributed by atoms with van der Waals surface area (Å²) in [6.45, 7) is 4.37. The Kier molecular flexibility index (Phi) is 5.78.